The second kappa shape index (κ2) is 7.43. The van der Waals surface area contributed by atoms with Crippen molar-refractivity contribution in [3.8, 4) is 5.75 Å². The Morgan fingerprint density at radius 2 is 1.59 bits per heavy atom. The molecule has 0 atom stereocenters. The molecule has 1 fully saturated rings. The number of anilines is 2. The summed E-state index contributed by atoms with van der Waals surface area (Å²) in [6.45, 7) is 2.50. The summed E-state index contributed by atoms with van der Waals surface area (Å²) in [5.41, 5.74) is 1.23. The lowest BCUT2D eigenvalue weighted by molar-refractivity contribution is -0.384. The van der Waals surface area contributed by atoms with Crippen molar-refractivity contribution in [2.75, 3.05) is 49.3 Å². The van der Waals surface area contributed by atoms with Gasteiger partial charge in [-0.25, -0.2) is 8.42 Å². The van der Waals surface area contributed by atoms with Gasteiger partial charge in [0.2, 0.25) is 0 Å². The number of rotatable bonds is 5. The number of ether oxygens (including phenoxy) is 1. The Morgan fingerprint density at radius 1 is 1.00 bits per heavy atom. The summed E-state index contributed by atoms with van der Waals surface area (Å²) in [6, 6.07) is 11.8. The fourth-order valence-electron chi connectivity index (χ4n) is 3.23. The highest BCUT2D eigenvalue weighted by Crippen LogP contribution is 2.33. The van der Waals surface area contributed by atoms with Crippen LogP contribution in [0.15, 0.2) is 47.4 Å². The molecule has 1 aliphatic rings. The van der Waals surface area contributed by atoms with Gasteiger partial charge in [0.15, 0.2) is 9.84 Å². The molecule has 1 aliphatic heterocycles. The first-order valence-corrected chi connectivity index (χ1v) is 10.3. The second-order valence-corrected chi connectivity index (χ2v) is 8.34. The number of piperazine rings is 1. The van der Waals surface area contributed by atoms with Crippen LogP contribution in [-0.2, 0) is 9.84 Å². The first-order chi connectivity index (χ1) is 12.8. The summed E-state index contributed by atoms with van der Waals surface area (Å²) in [6.07, 6.45) is 1.04. The fourth-order valence-corrected chi connectivity index (χ4v) is 3.87. The molecule has 0 aliphatic carbocycles. The summed E-state index contributed by atoms with van der Waals surface area (Å²) in [5.74, 6) is 0.787. The topological polar surface area (TPSA) is 93.0 Å². The maximum atomic E-state index is 11.7. The molecule has 0 saturated carbocycles. The van der Waals surface area contributed by atoms with Crippen molar-refractivity contribution in [1.82, 2.24) is 0 Å². The molecule has 9 heteroatoms. The van der Waals surface area contributed by atoms with Gasteiger partial charge in [0.05, 0.1) is 22.6 Å². The van der Waals surface area contributed by atoms with Crippen LogP contribution in [0, 0.1) is 10.1 Å². The maximum absolute atomic E-state index is 11.7. The number of methoxy groups -OCH3 is 1. The van der Waals surface area contributed by atoms with E-state index in [1.807, 2.05) is 29.2 Å². The molecule has 1 heterocycles. The van der Waals surface area contributed by atoms with Crippen LogP contribution < -0.4 is 14.5 Å². The molecule has 144 valence electrons. The van der Waals surface area contributed by atoms with E-state index >= 15 is 0 Å². The number of sulfone groups is 1. The molecule has 1 saturated heterocycles. The van der Waals surface area contributed by atoms with Crippen LogP contribution in [0.25, 0.3) is 0 Å². The van der Waals surface area contributed by atoms with Crippen LogP contribution in [0.2, 0.25) is 0 Å². The maximum Gasteiger partial charge on any atom is 0.293 e. The van der Waals surface area contributed by atoms with E-state index in [1.165, 1.54) is 12.1 Å². The highest BCUT2D eigenvalue weighted by Gasteiger charge is 2.26. The minimum atomic E-state index is -3.50. The van der Waals surface area contributed by atoms with Crippen molar-refractivity contribution < 1.29 is 18.1 Å². The van der Waals surface area contributed by atoms with Crippen molar-refractivity contribution in [2.45, 2.75) is 4.90 Å². The molecule has 3 rings (SSSR count). The van der Waals surface area contributed by atoms with Crippen LogP contribution in [-0.4, -0.2) is 52.9 Å². The lowest BCUT2D eigenvalue weighted by Gasteiger charge is -2.37. The number of nitro groups is 1. The summed E-state index contributed by atoms with van der Waals surface area (Å²) in [4.78, 5) is 15.0. The number of hydrogen-bond acceptors (Lipinski definition) is 7. The molecule has 0 aromatic heterocycles. The zero-order valence-electron chi connectivity index (χ0n) is 15.2. The van der Waals surface area contributed by atoms with E-state index in [-0.39, 0.29) is 10.6 Å². The number of nitrogens with zero attached hydrogens (tertiary/aromatic N) is 3. The third kappa shape index (κ3) is 3.97. The Bertz CT molecular complexity index is 953. The number of benzene rings is 2. The first kappa shape index (κ1) is 19.0. The molecule has 2 aromatic rings. The second-order valence-electron chi connectivity index (χ2n) is 6.33. The quantitative estimate of drug-likeness (QED) is 0.570. The molecular formula is C18H21N3O5S. The van der Waals surface area contributed by atoms with Crippen LogP contribution in [0.5, 0.6) is 5.75 Å². The predicted octanol–water partition coefficient (Wildman–Crippen LogP) is 2.33. The SMILES string of the molecule is COc1ccccc1N1CCN(c2ccc(S(C)(=O)=O)cc2[N+](=O)[O-])CC1. The van der Waals surface area contributed by atoms with Crippen LogP contribution in [0.1, 0.15) is 0 Å². The van der Waals surface area contributed by atoms with Crippen molar-refractivity contribution in [2.24, 2.45) is 0 Å². The Hall–Kier alpha value is -2.81. The lowest BCUT2D eigenvalue weighted by atomic mass is 10.2. The highest BCUT2D eigenvalue weighted by molar-refractivity contribution is 7.90. The van der Waals surface area contributed by atoms with Gasteiger partial charge in [-0.05, 0) is 24.3 Å². The zero-order valence-corrected chi connectivity index (χ0v) is 16.0. The lowest BCUT2D eigenvalue weighted by Crippen LogP contribution is -2.46. The molecule has 0 amide bonds. The largest absolute Gasteiger partial charge is 0.495 e. The molecule has 2 aromatic carbocycles. The van der Waals surface area contributed by atoms with E-state index in [4.69, 9.17) is 4.74 Å². The highest BCUT2D eigenvalue weighted by atomic mass is 32.2. The Labute approximate surface area is 158 Å². The molecule has 8 nitrogen and oxygen atoms in total. The van der Waals surface area contributed by atoms with E-state index in [0.717, 1.165) is 23.8 Å². The van der Waals surface area contributed by atoms with Gasteiger partial charge < -0.3 is 14.5 Å². The Kier molecular flexibility index (Phi) is 5.22. The molecule has 0 spiro atoms. The van der Waals surface area contributed by atoms with Gasteiger partial charge in [-0.2, -0.15) is 0 Å². The van der Waals surface area contributed by atoms with E-state index in [9.17, 15) is 18.5 Å². The molecule has 0 N–H and O–H groups in total. The van der Waals surface area contributed by atoms with Gasteiger partial charge in [-0.1, -0.05) is 12.1 Å². The van der Waals surface area contributed by atoms with Gasteiger partial charge in [0.1, 0.15) is 11.4 Å². The van der Waals surface area contributed by atoms with Crippen LogP contribution in [0.4, 0.5) is 17.1 Å². The third-order valence-electron chi connectivity index (χ3n) is 4.62. The summed E-state index contributed by atoms with van der Waals surface area (Å²) >= 11 is 0. The molecule has 27 heavy (non-hydrogen) atoms. The predicted molar refractivity (Wildman–Crippen MR) is 104 cm³/mol. The third-order valence-corrected chi connectivity index (χ3v) is 5.73. The summed E-state index contributed by atoms with van der Waals surface area (Å²) in [5, 5.41) is 11.5. The standard InChI is InChI=1S/C18H21N3O5S/c1-26-18-6-4-3-5-16(18)20-11-9-19(10-12-20)15-8-7-14(27(2,24)25)13-17(15)21(22)23/h3-8,13H,9-12H2,1-2H3. The van der Waals surface area contributed by atoms with E-state index < -0.39 is 14.8 Å². The minimum Gasteiger partial charge on any atom is -0.495 e. The van der Waals surface area contributed by atoms with Gasteiger partial charge in [-0.15, -0.1) is 0 Å². The minimum absolute atomic E-state index is 0.0504. The molecule has 0 radical (unpaired) electrons. The van der Waals surface area contributed by atoms with Gasteiger partial charge in [0.25, 0.3) is 5.69 Å². The van der Waals surface area contributed by atoms with Crippen molar-refractivity contribution in [1.29, 1.82) is 0 Å². The van der Waals surface area contributed by atoms with Crippen molar-refractivity contribution in [3.63, 3.8) is 0 Å². The molecule has 0 bridgehead atoms. The van der Waals surface area contributed by atoms with Gasteiger partial charge in [-0.3, -0.25) is 10.1 Å². The van der Waals surface area contributed by atoms with E-state index in [1.54, 1.807) is 7.11 Å². The van der Waals surface area contributed by atoms with E-state index in [0.29, 0.717) is 31.9 Å². The fraction of sp³-hybridized carbons (Fsp3) is 0.333. The Morgan fingerprint density at radius 3 is 2.15 bits per heavy atom. The van der Waals surface area contributed by atoms with Crippen LogP contribution >= 0.6 is 0 Å². The smallest absolute Gasteiger partial charge is 0.293 e. The Balaban J connectivity index is 1.83. The first-order valence-electron chi connectivity index (χ1n) is 8.42. The van der Waals surface area contributed by atoms with E-state index in [2.05, 4.69) is 4.90 Å². The summed E-state index contributed by atoms with van der Waals surface area (Å²) in [7, 11) is -1.88. The van der Waals surface area contributed by atoms with Crippen LogP contribution in [0.3, 0.4) is 0 Å². The zero-order chi connectivity index (χ0) is 19.6. The van der Waals surface area contributed by atoms with Gasteiger partial charge >= 0.3 is 0 Å². The average Bonchev–Trinajstić information content (AvgIpc) is 2.67. The molecule has 0 unspecified atom stereocenters. The van der Waals surface area contributed by atoms with Crippen molar-refractivity contribution >= 4 is 26.9 Å². The average molecular weight is 391 g/mol. The molecular weight excluding hydrogens is 370 g/mol. The van der Waals surface area contributed by atoms with Crippen molar-refractivity contribution in [3.05, 3.63) is 52.6 Å². The number of nitro benzene ring substituents is 1. The monoisotopic (exact) mass is 391 g/mol. The van der Waals surface area contributed by atoms with Gasteiger partial charge in [0, 0.05) is 38.5 Å². The number of hydrogen-bond donors (Lipinski definition) is 0. The number of para-hydroxylation sites is 2. The normalized spacial score (nSPS) is 14.9. The summed E-state index contributed by atoms with van der Waals surface area (Å²) < 4.78 is 28.8.